The molecule has 3 N–H and O–H groups in total. The van der Waals surface area contributed by atoms with Gasteiger partial charge in [-0.15, -0.1) is 0 Å². The van der Waals surface area contributed by atoms with Gasteiger partial charge in [-0.2, -0.15) is 0 Å². The van der Waals surface area contributed by atoms with E-state index in [1.165, 1.54) is 24.6 Å². The molecule has 2 heterocycles. The van der Waals surface area contributed by atoms with Gasteiger partial charge in [-0.3, -0.25) is 14.5 Å². The minimum Gasteiger partial charge on any atom is -0.508 e. The van der Waals surface area contributed by atoms with Crippen LogP contribution >= 0.6 is 24.0 Å². The number of thiocarbonyl (C=S) groups is 1. The fraction of sp³-hybridized carbons (Fsp3) is 0.400. The van der Waals surface area contributed by atoms with Crippen LogP contribution in [0.4, 0.5) is 0 Å². The third-order valence-electron chi connectivity index (χ3n) is 9.13. The molecule has 1 aromatic heterocycles. The molecule has 9 nitrogen and oxygen atoms in total. The van der Waals surface area contributed by atoms with Crippen molar-refractivity contribution in [3.63, 3.8) is 0 Å². The molecule has 2 saturated carbocycles. The number of nitrogens with two attached hydrogens (primary N) is 1. The van der Waals surface area contributed by atoms with E-state index in [1.54, 1.807) is 50.6 Å². The Morgan fingerprint density at radius 3 is 2.52 bits per heavy atom. The van der Waals surface area contributed by atoms with Crippen LogP contribution in [-0.2, 0) is 27.2 Å². The molecule has 3 aliphatic rings. The number of fused-ring (bicyclic) bond motifs is 2. The number of benzene rings is 2. The van der Waals surface area contributed by atoms with Crippen molar-refractivity contribution < 1.29 is 33.3 Å². The maximum Gasteiger partial charge on any atom is 0.323 e. The number of phenols is 1. The van der Waals surface area contributed by atoms with Gasteiger partial charge in [0.2, 0.25) is 0 Å². The smallest absolute Gasteiger partial charge is 0.323 e. The number of phenolic OH excluding ortho intramolecular Hbond substituents is 1. The lowest BCUT2D eigenvalue weighted by Gasteiger charge is -2.30. The summed E-state index contributed by atoms with van der Waals surface area (Å²) in [5, 5.41) is 9.48. The second kappa shape index (κ2) is 13.9. The molecule has 0 spiro atoms. The van der Waals surface area contributed by atoms with Crippen molar-refractivity contribution in [1.29, 1.82) is 0 Å². The van der Waals surface area contributed by atoms with Crippen LogP contribution in [0.5, 0.6) is 17.2 Å². The Labute approximate surface area is 278 Å². The number of aryl methyl sites for hydroxylation is 1. The third-order valence-corrected chi connectivity index (χ3v) is 10.5. The van der Waals surface area contributed by atoms with Crippen LogP contribution in [0.3, 0.4) is 0 Å². The van der Waals surface area contributed by atoms with Crippen molar-refractivity contribution >= 4 is 46.3 Å². The molecule has 3 fully saturated rings. The predicted molar refractivity (Wildman–Crippen MR) is 181 cm³/mol. The van der Waals surface area contributed by atoms with E-state index in [1.807, 2.05) is 23.1 Å². The number of thioether (sulfide) groups is 1. The van der Waals surface area contributed by atoms with E-state index in [4.69, 9.17) is 36.6 Å². The van der Waals surface area contributed by atoms with Crippen LogP contribution in [0.15, 0.2) is 57.9 Å². The van der Waals surface area contributed by atoms with Gasteiger partial charge in [-0.1, -0.05) is 42.5 Å². The molecule has 2 bridgehead atoms. The summed E-state index contributed by atoms with van der Waals surface area (Å²) in [6, 6.07) is 13.4. The number of furan rings is 1. The van der Waals surface area contributed by atoms with E-state index in [2.05, 4.69) is 0 Å². The summed E-state index contributed by atoms with van der Waals surface area (Å²) in [4.78, 5) is 28.6. The topological polar surface area (TPSA) is 124 Å². The van der Waals surface area contributed by atoms with Gasteiger partial charge in [-0.25, -0.2) is 0 Å². The van der Waals surface area contributed by atoms with E-state index < -0.39 is 12.0 Å². The lowest BCUT2D eigenvalue weighted by Crippen LogP contribution is -2.41. The van der Waals surface area contributed by atoms with Crippen molar-refractivity contribution in [2.24, 2.45) is 17.6 Å². The number of nitrogens with zero attached hydrogens (tertiary/aromatic N) is 1. The molecule has 3 aromatic rings. The first-order chi connectivity index (χ1) is 22.2. The van der Waals surface area contributed by atoms with E-state index in [9.17, 15) is 14.7 Å². The van der Waals surface area contributed by atoms with Gasteiger partial charge >= 0.3 is 5.97 Å². The Kier molecular flexibility index (Phi) is 9.72. The quantitative estimate of drug-likeness (QED) is 0.102. The van der Waals surface area contributed by atoms with Crippen LogP contribution in [-0.4, -0.2) is 59.1 Å². The van der Waals surface area contributed by atoms with Crippen molar-refractivity contribution in [2.75, 3.05) is 20.8 Å². The molecule has 242 valence electrons. The summed E-state index contributed by atoms with van der Waals surface area (Å²) >= 11 is 7.04. The Bertz CT molecular complexity index is 1630. The Morgan fingerprint density at radius 1 is 1.13 bits per heavy atom. The lowest BCUT2D eigenvalue weighted by atomic mass is 9.94. The number of hydrogen-bond donors (Lipinski definition) is 2. The molecule has 11 heteroatoms. The number of aromatic hydroxyl groups is 1. The summed E-state index contributed by atoms with van der Waals surface area (Å²) in [5.74, 6) is 3.21. The summed E-state index contributed by atoms with van der Waals surface area (Å²) < 4.78 is 23.4. The maximum atomic E-state index is 13.7. The fourth-order valence-electron chi connectivity index (χ4n) is 6.78. The third kappa shape index (κ3) is 6.96. The number of hydrogen-bond acceptors (Lipinski definition) is 10. The van der Waals surface area contributed by atoms with Crippen molar-refractivity contribution in [3.05, 3.63) is 70.3 Å². The first-order valence-corrected chi connectivity index (χ1v) is 16.8. The monoisotopic (exact) mass is 662 g/mol. The van der Waals surface area contributed by atoms with Gasteiger partial charge in [0, 0.05) is 23.7 Å². The molecule has 1 aliphatic heterocycles. The number of rotatable bonds is 12. The second-order valence-corrected chi connectivity index (χ2v) is 13.8. The normalized spacial score (nSPS) is 22.1. The van der Waals surface area contributed by atoms with Crippen LogP contribution in [0.1, 0.15) is 49.0 Å². The van der Waals surface area contributed by atoms with Crippen LogP contribution in [0, 0.1) is 11.8 Å². The van der Waals surface area contributed by atoms with Gasteiger partial charge in [0.05, 0.1) is 25.7 Å². The zero-order chi connectivity index (χ0) is 32.4. The van der Waals surface area contributed by atoms with E-state index in [0.29, 0.717) is 63.3 Å². The zero-order valence-corrected chi connectivity index (χ0v) is 27.5. The molecule has 1 amide bonds. The number of ether oxygens (including phenoxy) is 3. The summed E-state index contributed by atoms with van der Waals surface area (Å²) in [6.07, 6.45) is 7.76. The van der Waals surface area contributed by atoms with Crippen molar-refractivity contribution in [2.45, 2.75) is 57.0 Å². The Hall–Kier alpha value is -3.80. The molecule has 1 saturated heterocycles. The zero-order valence-electron chi connectivity index (χ0n) is 25.9. The Morgan fingerprint density at radius 2 is 1.87 bits per heavy atom. The number of esters is 1. The number of carbonyl (C=O) groups excluding carboxylic acids is 2. The number of methoxy groups -OCH3 is 2. The molecule has 3 unspecified atom stereocenters. The van der Waals surface area contributed by atoms with Gasteiger partial charge in [0.25, 0.3) is 5.91 Å². The van der Waals surface area contributed by atoms with Gasteiger partial charge in [-0.05, 0) is 91.8 Å². The number of amides is 1. The standard InChI is InChI=1S/C35H38N2O7S2/c1-41-26-15-24(16-27(18-26)42-2)30-17-23(4-3-11-43-34(40)28(36)13-20-6-9-25(38)10-7-20)31(44-30)19-32-33(39)37(35(45)46-32)29-14-21-5-8-22(29)12-21/h6-7,9-10,15-19,21-22,28-29,38H,3-5,8,11-14,36H2,1-2H3/t21?,22?,28-,29?/m0/s1. The van der Waals surface area contributed by atoms with Crippen molar-refractivity contribution in [1.82, 2.24) is 4.90 Å². The summed E-state index contributed by atoms with van der Waals surface area (Å²) in [7, 11) is 3.18. The highest BCUT2D eigenvalue weighted by Crippen LogP contribution is 2.49. The minimum absolute atomic E-state index is 0.0592. The average molecular weight is 663 g/mol. The highest BCUT2D eigenvalue weighted by atomic mass is 32.2. The molecule has 2 aromatic carbocycles. The van der Waals surface area contributed by atoms with Gasteiger partial charge in [0.15, 0.2) is 0 Å². The maximum absolute atomic E-state index is 13.7. The first-order valence-electron chi connectivity index (χ1n) is 15.6. The predicted octanol–water partition coefficient (Wildman–Crippen LogP) is 6.11. The van der Waals surface area contributed by atoms with Gasteiger partial charge < -0.3 is 29.5 Å². The molecule has 6 rings (SSSR count). The molecular formula is C35H38N2O7S2. The molecule has 0 radical (unpaired) electrons. The Balaban J connectivity index is 1.18. The minimum atomic E-state index is -0.819. The highest BCUT2D eigenvalue weighted by molar-refractivity contribution is 8.26. The van der Waals surface area contributed by atoms with E-state index in [-0.39, 0.29) is 24.3 Å². The van der Waals surface area contributed by atoms with E-state index in [0.717, 1.165) is 29.5 Å². The average Bonchev–Trinajstić information content (AvgIpc) is 3.84. The lowest BCUT2D eigenvalue weighted by molar-refractivity contribution is -0.145. The summed E-state index contributed by atoms with van der Waals surface area (Å²) in [6.45, 7) is 0.168. The molecule has 46 heavy (non-hydrogen) atoms. The van der Waals surface area contributed by atoms with Crippen LogP contribution in [0.25, 0.3) is 17.4 Å². The largest absolute Gasteiger partial charge is 0.508 e. The SMILES string of the molecule is COc1cc(OC)cc(-c2cc(CCCOC(=O)[C@@H](N)Cc3ccc(O)cc3)c(C=C3SC(=S)N(C4CC5CCC4C5)C3=O)o2)c1. The fourth-order valence-corrected chi connectivity index (χ4v) is 8.12. The van der Waals surface area contributed by atoms with E-state index >= 15 is 0 Å². The molecule has 2 aliphatic carbocycles. The van der Waals surface area contributed by atoms with Gasteiger partial charge in [0.1, 0.15) is 39.1 Å². The molecule has 4 atom stereocenters. The number of carbonyl (C=O) groups is 2. The van der Waals surface area contributed by atoms with Crippen LogP contribution < -0.4 is 15.2 Å². The van der Waals surface area contributed by atoms with Crippen molar-refractivity contribution in [3.8, 4) is 28.6 Å². The highest BCUT2D eigenvalue weighted by Gasteiger charge is 2.48. The van der Waals surface area contributed by atoms with Crippen LogP contribution in [0.2, 0.25) is 0 Å². The second-order valence-electron chi connectivity index (χ2n) is 12.1. The first kappa shape index (κ1) is 32.2. The summed E-state index contributed by atoms with van der Waals surface area (Å²) in [5.41, 5.74) is 8.54. The molecular weight excluding hydrogens is 625 g/mol.